The van der Waals surface area contributed by atoms with Crippen LogP contribution >= 0.6 is 0 Å². The predicted molar refractivity (Wildman–Crippen MR) is 68.0 cm³/mol. The Kier molecular flexibility index (Phi) is 3.93. The number of hydrogen-bond donors (Lipinski definition) is 1. The van der Waals surface area contributed by atoms with Crippen LogP contribution in [0.25, 0.3) is 0 Å². The summed E-state index contributed by atoms with van der Waals surface area (Å²) in [6.07, 6.45) is -4.01. The molecule has 1 N–H and O–H groups in total. The molecule has 6 nitrogen and oxygen atoms in total. The molecule has 0 aliphatic carbocycles. The van der Waals surface area contributed by atoms with Gasteiger partial charge in [0.1, 0.15) is 0 Å². The quantitative estimate of drug-likeness (QED) is 0.860. The molecule has 1 saturated heterocycles. The molecule has 1 aliphatic rings. The van der Waals surface area contributed by atoms with Crippen molar-refractivity contribution in [2.24, 2.45) is 0 Å². The maximum Gasteiger partial charge on any atom is 0.419 e. The second-order valence-electron chi connectivity index (χ2n) is 5.06. The van der Waals surface area contributed by atoms with Crippen LogP contribution in [-0.4, -0.2) is 51.2 Å². The Labute approximate surface area is 119 Å². The minimum atomic E-state index is -4.47. The van der Waals surface area contributed by atoms with Crippen molar-refractivity contribution >= 4 is 12.0 Å². The third kappa shape index (κ3) is 3.17. The average Bonchev–Trinajstić information content (AvgIpc) is 2.36. The predicted octanol–water partition coefficient (Wildman–Crippen LogP) is 2.07. The molecule has 2 rings (SSSR count). The van der Waals surface area contributed by atoms with E-state index in [4.69, 9.17) is 5.11 Å². The van der Waals surface area contributed by atoms with Crippen molar-refractivity contribution in [2.75, 3.05) is 18.0 Å². The molecule has 1 amide bonds. The van der Waals surface area contributed by atoms with Crippen LogP contribution in [0.3, 0.4) is 0 Å². The first kappa shape index (κ1) is 15.3. The maximum absolute atomic E-state index is 12.5. The van der Waals surface area contributed by atoms with E-state index < -0.39 is 17.8 Å². The Morgan fingerprint density at radius 3 is 2.10 bits per heavy atom. The molecule has 2 heterocycles. The van der Waals surface area contributed by atoms with Crippen LogP contribution in [-0.2, 0) is 6.18 Å². The Balaban J connectivity index is 2.15. The molecule has 0 saturated carbocycles. The molecule has 2 atom stereocenters. The second-order valence-corrected chi connectivity index (χ2v) is 5.06. The van der Waals surface area contributed by atoms with E-state index in [1.54, 1.807) is 18.7 Å². The molecule has 21 heavy (non-hydrogen) atoms. The number of carbonyl (C=O) groups is 1. The number of carboxylic acid groups (broad SMARTS) is 1. The molecule has 0 radical (unpaired) electrons. The molecule has 0 aromatic carbocycles. The number of anilines is 1. The fourth-order valence-electron chi connectivity index (χ4n) is 2.49. The fraction of sp³-hybridized carbons (Fsp3) is 0.583. The van der Waals surface area contributed by atoms with E-state index in [1.807, 2.05) is 0 Å². The van der Waals surface area contributed by atoms with E-state index in [0.29, 0.717) is 13.1 Å². The Hall–Kier alpha value is -2.06. The lowest BCUT2D eigenvalue weighted by Gasteiger charge is -2.42. The minimum absolute atomic E-state index is 0.173. The van der Waals surface area contributed by atoms with Crippen molar-refractivity contribution in [3.8, 4) is 0 Å². The number of nitrogens with zero attached hydrogens (tertiary/aromatic N) is 4. The highest BCUT2D eigenvalue weighted by Crippen LogP contribution is 2.28. The van der Waals surface area contributed by atoms with Gasteiger partial charge in [-0.1, -0.05) is 0 Å². The van der Waals surface area contributed by atoms with Crippen LogP contribution in [0.15, 0.2) is 12.4 Å². The van der Waals surface area contributed by atoms with Gasteiger partial charge >= 0.3 is 12.3 Å². The van der Waals surface area contributed by atoms with Crippen molar-refractivity contribution in [3.63, 3.8) is 0 Å². The van der Waals surface area contributed by atoms with Crippen LogP contribution in [0.5, 0.6) is 0 Å². The maximum atomic E-state index is 12.5. The van der Waals surface area contributed by atoms with Crippen LogP contribution in [0, 0.1) is 0 Å². The largest absolute Gasteiger partial charge is 0.465 e. The van der Waals surface area contributed by atoms with Crippen molar-refractivity contribution in [2.45, 2.75) is 32.1 Å². The molecule has 1 fully saturated rings. The second kappa shape index (κ2) is 5.38. The van der Waals surface area contributed by atoms with Crippen molar-refractivity contribution in [1.29, 1.82) is 0 Å². The number of amides is 1. The van der Waals surface area contributed by atoms with Gasteiger partial charge in [-0.15, -0.1) is 0 Å². The monoisotopic (exact) mass is 304 g/mol. The smallest absolute Gasteiger partial charge is 0.419 e. The number of hydrogen-bond acceptors (Lipinski definition) is 4. The third-order valence-corrected chi connectivity index (χ3v) is 3.39. The summed E-state index contributed by atoms with van der Waals surface area (Å²) in [4.78, 5) is 21.6. The van der Waals surface area contributed by atoms with Crippen molar-refractivity contribution < 1.29 is 23.1 Å². The van der Waals surface area contributed by atoms with Gasteiger partial charge in [-0.2, -0.15) is 13.2 Å². The summed E-state index contributed by atoms with van der Waals surface area (Å²) in [5.74, 6) is 0.173. The first-order valence-corrected chi connectivity index (χ1v) is 6.35. The molecule has 1 aromatic heterocycles. The molecule has 1 aromatic rings. The molecule has 9 heteroatoms. The molecular weight excluding hydrogens is 289 g/mol. The average molecular weight is 304 g/mol. The summed E-state index contributed by atoms with van der Waals surface area (Å²) in [7, 11) is 0. The fourth-order valence-corrected chi connectivity index (χ4v) is 2.49. The number of halogens is 3. The summed E-state index contributed by atoms with van der Waals surface area (Å²) in [6, 6.07) is -0.589. The van der Waals surface area contributed by atoms with Gasteiger partial charge < -0.3 is 10.0 Å². The lowest BCUT2D eigenvalue weighted by molar-refractivity contribution is -0.138. The van der Waals surface area contributed by atoms with Gasteiger partial charge in [0.15, 0.2) is 0 Å². The highest BCUT2D eigenvalue weighted by molar-refractivity contribution is 5.66. The number of aromatic nitrogens is 2. The van der Waals surface area contributed by atoms with Gasteiger partial charge in [0.05, 0.1) is 17.6 Å². The van der Waals surface area contributed by atoms with Gasteiger partial charge in [-0.25, -0.2) is 14.8 Å². The zero-order chi connectivity index (χ0) is 15.8. The topological polar surface area (TPSA) is 69.6 Å². The zero-order valence-electron chi connectivity index (χ0n) is 11.5. The van der Waals surface area contributed by atoms with Crippen LogP contribution in [0.1, 0.15) is 19.4 Å². The highest BCUT2D eigenvalue weighted by Gasteiger charge is 2.35. The molecule has 1 aliphatic heterocycles. The summed E-state index contributed by atoms with van der Waals surface area (Å²) in [5, 5.41) is 9.11. The lowest BCUT2D eigenvalue weighted by Crippen LogP contribution is -2.58. The summed E-state index contributed by atoms with van der Waals surface area (Å²) in [6.45, 7) is 4.14. The van der Waals surface area contributed by atoms with E-state index in [0.717, 1.165) is 12.4 Å². The molecular formula is C12H15F3N4O2. The van der Waals surface area contributed by atoms with E-state index in [9.17, 15) is 18.0 Å². The number of alkyl halides is 3. The van der Waals surface area contributed by atoms with Crippen LogP contribution in [0.2, 0.25) is 0 Å². The Morgan fingerprint density at radius 2 is 1.71 bits per heavy atom. The SMILES string of the molecule is CC1CN(c2ncc(C(F)(F)F)cn2)C[C@H](C)N1C(=O)O. The molecule has 116 valence electrons. The highest BCUT2D eigenvalue weighted by atomic mass is 19.4. The standard InChI is InChI=1S/C12H15F3N4O2/c1-7-5-18(6-8(2)19(7)11(20)21)10-16-3-9(4-17-10)12(13,14)15/h3-4,7-8H,5-6H2,1-2H3,(H,20,21)/t7-,8?/m0/s1. The normalized spacial score (nSPS) is 23.3. The van der Waals surface area contributed by atoms with Crippen LogP contribution in [0.4, 0.5) is 23.9 Å². The summed E-state index contributed by atoms with van der Waals surface area (Å²) < 4.78 is 37.4. The van der Waals surface area contributed by atoms with Gasteiger partial charge in [0, 0.05) is 25.5 Å². The first-order chi connectivity index (χ1) is 9.70. The minimum Gasteiger partial charge on any atom is -0.465 e. The van der Waals surface area contributed by atoms with Gasteiger partial charge in [-0.3, -0.25) is 4.90 Å². The van der Waals surface area contributed by atoms with E-state index in [1.165, 1.54) is 4.90 Å². The number of rotatable bonds is 1. The molecule has 0 spiro atoms. The van der Waals surface area contributed by atoms with Crippen LogP contribution < -0.4 is 4.90 Å². The van der Waals surface area contributed by atoms with E-state index >= 15 is 0 Å². The summed E-state index contributed by atoms with van der Waals surface area (Å²) in [5.41, 5.74) is -0.906. The zero-order valence-corrected chi connectivity index (χ0v) is 11.5. The van der Waals surface area contributed by atoms with Gasteiger partial charge in [0.25, 0.3) is 0 Å². The molecule has 0 bridgehead atoms. The Morgan fingerprint density at radius 1 is 1.24 bits per heavy atom. The van der Waals surface area contributed by atoms with Crippen molar-refractivity contribution in [3.05, 3.63) is 18.0 Å². The van der Waals surface area contributed by atoms with Gasteiger partial charge in [-0.05, 0) is 13.8 Å². The van der Waals surface area contributed by atoms with Gasteiger partial charge in [0.2, 0.25) is 5.95 Å². The first-order valence-electron chi connectivity index (χ1n) is 6.35. The Bertz CT molecular complexity index is 508. The van der Waals surface area contributed by atoms with Crippen molar-refractivity contribution in [1.82, 2.24) is 14.9 Å². The van der Waals surface area contributed by atoms with E-state index in [-0.39, 0.29) is 18.0 Å². The summed E-state index contributed by atoms with van der Waals surface area (Å²) >= 11 is 0. The third-order valence-electron chi connectivity index (χ3n) is 3.39. The number of piperazine rings is 1. The van der Waals surface area contributed by atoms with E-state index in [2.05, 4.69) is 9.97 Å². The molecule has 1 unspecified atom stereocenters. The lowest BCUT2D eigenvalue weighted by atomic mass is 10.1.